The van der Waals surface area contributed by atoms with Crippen molar-refractivity contribution in [3.63, 3.8) is 0 Å². The molecule has 94 valence electrons. The average Bonchev–Trinajstić information content (AvgIpc) is 2.39. The number of aromatic nitrogens is 1. The Hall–Kier alpha value is -2.23. The number of nitrogens with one attached hydrogen (secondary N) is 1. The lowest BCUT2D eigenvalue weighted by molar-refractivity contribution is 0.371. The Balaban J connectivity index is 2.14. The summed E-state index contributed by atoms with van der Waals surface area (Å²) < 4.78 is 5.07. The van der Waals surface area contributed by atoms with Gasteiger partial charge < -0.3 is 15.2 Å². The molecular weight excluding hydrogens is 228 g/mol. The molecule has 0 fully saturated rings. The Bertz CT molecular complexity index is 541. The molecule has 0 atom stereocenters. The van der Waals surface area contributed by atoms with Crippen LogP contribution in [0.25, 0.3) is 0 Å². The second-order valence-electron chi connectivity index (χ2n) is 3.96. The first kappa shape index (κ1) is 12.2. The highest BCUT2D eigenvalue weighted by Gasteiger charge is 2.07. The number of aromatic hydroxyl groups is 1. The number of phenolic OH excluding ortho intramolecular Hbond substituents is 1. The van der Waals surface area contributed by atoms with Crippen molar-refractivity contribution >= 4 is 5.69 Å². The van der Waals surface area contributed by atoms with Gasteiger partial charge in [-0.2, -0.15) is 0 Å². The summed E-state index contributed by atoms with van der Waals surface area (Å²) in [7, 11) is 1.54. The molecule has 2 rings (SSSR count). The summed E-state index contributed by atoms with van der Waals surface area (Å²) in [6.45, 7) is 2.46. The van der Waals surface area contributed by atoms with E-state index in [2.05, 4.69) is 10.3 Å². The molecule has 2 N–H and O–H groups in total. The monoisotopic (exact) mass is 244 g/mol. The van der Waals surface area contributed by atoms with Crippen molar-refractivity contribution in [3.05, 3.63) is 47.8 Å². The maximum Gasteiger partial charge on any atom is 0.162 e. The highest BCUT2D eigenvalue weighted by atomic mass is 16.5. The van der Waals surface area contributed by atoms with Gasteiger partial charge in [-0.3, -0.25) is 4.98 Å². The first-order chi connectivity index (χ1) is 8.72. The first-order valence-electron chi connectivity index (χ1n) is 5.72. The Morgan fingerprint density at radius 2 is 2.11 bits per heavy atom. The molecule has 0 spiro atoms. The van der Waals surface area contributed by atoms with Gasteiger partial charge in [0.05, 0.1) is 18.5 Å². The second-order valence-corrected chi connectivity index (χ2v) is 3.96. The molecule has 0 amide bonds. The number of anilines is 1. The van der Waals surface area contributed by atoms with Gasteiger partial charge in [0, 0.05) is 18.3 Å². The van der Waals surface area contributed by atoms with Gasteiger partial charge in [0.15, 0.2) is 11.5 Å². The Morgan fingerprint density at radius 1 is 1.28 bits per heavy atom. The molecule has 1 aromatic heterocycles. The molecule has 0 unspecified atom stereocenters. The van der Waals surface area contributed by atoms with Crippen molar-refractivity contribution in [3.8, 4) is 11.5 Å². The summed E-state index contributed by atoms with van der Waals surface area (Å²) in [6.07, 6.45) is 1.75. The fourth-order valence-corrected chi connectivity index (χ4v) is 1.74. The number of nitrogens with zero attached hydrogens (tertiary/aromatic N) is 1. The number of benzene rings is 1. The van der Waals surface area contributed by atoms with E-state index in [9.17, 15) is 5.11 Å². The minimum Gasteiger partial charge on any atom is -0.504 e. The van der Waals surface area contributed by atoms with E-state index < -0.39 is 0 Å². The van der Waals surface area contributed by atoms with E-state index in [-0.39, 0.29) is 5.75 Å². The smallest absolute Gasteiger partial charge is 0.162 e. The number of hydrogen-bond acceptors (Lipinski definition) is 4. The molecule has 18 heavy (non-hydrogen) atoms. The maximum absolute atomic E-state index is 9.96. The van der Waals surface area contributed by atoms with Crippen molar-refractivity contribution < 1.29 is 9.84 Å². The van der Waals surface area contributed by atoms with Gasteiger partial charge in [-0.15, -0.1) is 0 Å². The molecule has 0 aliphatic rings. The molecule has 0 saturated carbocycles. The first-order valence-corrected chi connectivity index (χ1v) is 5.72. The van der Waals surface area contributed by atoms with Crippen molar-refractivity contribution in [2.45, 2.75) is 13.5 Å². The lowest BCUT2D eigenvalue weighted by Gasteiger charge is -2.11. The van der Waals surface area contributed by atoms with Gasteiger partial charge in [0.25, 0.3) is 0 Å². The number of methoxy groups -OCH3 is 1. The number of aryl methyl sites for hydroxylation is 1. The molecule has 1 aromatic carbocycles. The predicted molar refractivity (Wildman–Crippen MR) is 71.0 cm³/mol. The van der Waals surface area contributed by atoms with Gasteiger partial charge >= 0.3 is 0 Å². The summed E-state index contributed by atoms with van der Waals surface area (Å²) in [5.41, 5.74) is 2.68. The van der Waals surface area contributed by atoms with Gasteiger partial charge in [0.1, 0.15) is 0 Å². The molecule has 4 heteroatoms. The van der Waals surface area contributed by atoms with E-state index in [0.29, 0.717) is 12.3 Å². The van der Waals surface area contributed by atoms with E-state index in [1.54, 1.807) is 12.3 Å². The number of hydrogen-bond donors (Lipinski definition) is 2. The molecule has 0 saturated heterocycles. The van der Waals surface area contributed by atoms with E-state index in [1.165, 1.54) is 7.11 Å². The van der Waals surface area contributed by atoms with Crippen molar-refractivity contribution in [2.75, 3.05) is 12.4 Å². The van der Waals surface area contributed by atoms with Crippen LogP contribution in [-0.2, 0) is 6.54 Å². The van der Waals surface area contributed by atoms with Crippen molar-refractivity contribution in [1.29, 1.82) is 0 Å². The van der Waals surface area contributed by atoms with Gasteiger partial charge in [-0.25, -0.2) is 0 Å². The molecule has 0 aliphatic heterocycles. The normalized spacial score (nSPS) is 10.1. The fraction of sp³-hybridized carbons (Fsp3) is 0.214. The largest absolute Gasteiger partial charge is 0.504 e. The zero-order chi connectivity index (χ0) is 13.0. The van der Waals surface area contributed by atoms with Crippen molar-refractivity contribution in [2.24, 2.45) is 0 Å². The summed E-state index contributed by atoms with van der Waals surface area (Å²) in [5.74, 6) is 0.659. The number of pyridine rings is 1. The van der Waals surface area contributed by atoms with Crippen LogP contribution in [0.5, 0.6) is 11.5 Å². The molecular formula is C14H16N2O2. The van der Waals surface area contributed by atoms with Crippen LogP contribution in [0.15, 0.2) is 36.5 Å². The molecule has 4 nitrogen and oxygen atoms in total. The highest BCUT2D eigenvalue weighted by molar-refractivity contribution is 5.50. The van der Waals surface area contributed by atoms with Crippen LogP contribution in [0, 0.1) is 6.92 Å². The number of ether oxygens (including phenoxy) is 1. The lowest BCUT2D eigenvalue weighted by Crippen LogP contribution is -2.02. The summed E-state index contributed by atoms with van der Waals surface area (Å²) in [4.78, 5) is 4.20. The molecule has 2 aromatic rings. The fourth-order valence-electron chi connectivity index (χ4n) is 1.74. The van der Waals surface area contributed by atoms with Crippen LogP contribution in [0.2, 0.25) is 0 Å². The minimum absolute atomic E-state index is 0.175. The van der Waals surface area contributed by atoms with Crippen LogP contribution in [-0.4, -0.2) is 17.2 Å². The van der Waals surface area contributed by atoms with Gasteiger partial charge in [-0.05, 0) is 25.1 Å². The third-order valence-corrected chi connectivity index (χ3v) is 2.78. The van der Waals surface area contributed by atoms with E-state index in [4.69, 9.17) is 4.74 Å². The third-order valence-electron chi connectivity index (χ3n) is 2.78. The van der Waals surface area contributed by atoms with E-state index >= 15 is 0 Å². The van der Waals surface area contributed by atoms with Gasteiger partial charge in [-0.1, -0.05) is 12.1 Å². The van der Waals surface area contributed by atoms with E-state index in [1.807, 2.05) is 31.2 Å². The molecule has 1 heterocycles. The number of rotatable bonds is 4. The molecule has 0 aliphatic carbocycles. The average molecular weight is 244 g/mol. The van der Waals surface area contributed by atoms with Crippen LogP contribution >= 0.6 is 0 Å². The van der Waals surface area contributed by atoms with E-state index in [0.717, 1.165) is 16.9 Å². The SMILES string of the molecule is COc1cccc(CNc2cccnc2C)c1O. The lowest BCUT2D eigenvalue weighted by atomic mass is 10.2. The topological polar surface area (TPSA) is 54.4 Å². The minimum atomic E-state index is 0.175. The third kappa shape index (κ3) is 2.53. The zero-order valence-electron chi connectivity index (χ0n) is 10.5. The maximum atomic E-state index is 9.96. The second kappa shape index (κ2) is 5.40. The number of para-hydroxylation sites is 1. The van der Waals surface area contributed by atoms with Crippen LogP contribution in [0.1, 0.15) is 11.3 Å². The van der Waals surface area contributed by atoms with Crippen LogP contribution < -0.4 is 10.1 Å². The zero-order valence-corrected chi connectivity index (χ0v) is 10.5. The highest BCUT2D eigenvalue weighted by Crippen LogP contribution is 2.29. The van der Waals surface area contributed by atoms with Crippen molar-refractivity contribution in [1.82, 2.24) is 4.98 Å². The Kier molecular flexibility index (Phi) is 3.67. The quantitative estimate of drug-likeness (QED) is 0.868. The van der Waals surface area contributed by atoms with Crippen LogP contribution in [0.3, 0.4) is 0 Å². The summed E-state index contributed by atoms with van der Waals surface area (Å²) in [6, 6.07) is 9.27. The van der Waals surface area contributed by atoms with Crippen LogP contribution in [0.4, 0.5) is 5.69 Å². The molecule has 0 radical (unpaired) electrons. The Labute approximate surface area is 106 Å². The predicted octanol–water partition coefficient (Wildman–Crippen LogP) is 2.72. The Morgan fingerprint density at radius 3 is 2.83 bits per heavy atom. The number of phenols is 1. The standard InChI is InChI=1S/C14H16N2O2/c1-10-12(6-4-8-15-10)16-9-11-5-3-7-13(18-2)14(11)17/h3-8,16-17H,9H2,1-2H3. The summed E-state index contributed by atoms with van der Waals surface area (Å²) >= 11 is 0. The van der Waals surface area contributed by atoms with Gasteiger partial charge in [0.2, 0.25) is 0 Å². The summed E-state index contributed by atoms with van der Waals surface area (Å²) in [5, 5.41) is 13.2. The molecule has 0 bridgehead atoms.